The highest BCUT2D eigenvalue weighted by atomic mass is 35.5. The van der Waals surface area contributed by atoms with E-state index in [0.717, 1.165) is 21.9 Å². The minimum atomic E-state index is -0.965. The van der Waals surface area contributed by atoms with Gasteiger partial charge in [0.05, 0.1) is 22.0 Å². The topological polar surface area (TPSA) is 91.8 Å². The van der Waals surface area contributed by atoms with E-state index in [1.54, 1.807) is 6.92 Å². The number of hydrogen-bond acceptors (Lipinski definition) is 7. The van der Waals surface area contributed by atoms with E-state index >= 15 is 0 Å². The fraction of sp³-hybridized carbons (Fsp3) is 0.333. The van der Waals surface area contributed by atoms with Crippen molar-refractivity contribution >= 4 is 53.7 Å². The van der Waals surface area contributed by atoms with Gasteiger partial charge in [-0.1, -0.05) is 29.4 Å². The van der Waals surface area contributed by atoms with Crippen LogP contribution in [0.25, 0.3) is 0 Å². The second-order valence-corrected chi connectivity index (χ2v) is 7.11. The Morgan fingerprint density at radius 1 is 1.33 bits per heavy atom. The van der Waals surface area contributed by atoms with E-state index in [-0.39, 0.29) is 23.8 Å². The predicted octanol–water partition coefficient (Wildman–Crippen LogP) is 3.35. The third kappa shape index (κ3) is 4.85. The number of esters is 1. The fourth-order valence-electron chi connectivity index (χ4n) is 2.40. The largest absolute Gasteiger partial charge is 0.456 e. The number of ether oxygens (including phenoxy) is 1. The Morgan fingerprint density at radius 2 is 1.93 bits per heavy atom. The van der Waals surface area contributed by atoms with Crippen LogP contribution in [0.15, 0.2) is 29.9 Å². The molecule has 1 fully saturated rings. The van der Waals surface area contributed by atoms with Crippen LogP contribution in [0.2, 0.25) is 5.02 Å². The van der Waals surface area contributed by atoms with Crippen LogP contribution in [0.1, 0.15) is 17.3 Å². The summed E-state index contributed by atoms with van der Waals surface area (Å²) in [5.41, 5.74) is -1.15. The van der Waals surface area contributed by atoms with Gasteiger partial charge in [-0.3, -0.25) is 9.80 Å². The van der Waals surface area contributed by atoms with Crippen molar-refractivity contribution in [3.05, 3.63) is 41.2 Å². The Balaban J connectivity index is 2.30. The molecular weight excluding hydrogens is 439 g/mol. The third-order valence-electron chi connectivity index (χ3n) is 4.00. The van der Waals surface area contributed by atoms with E-state index in [2.05, 4.69) is 24.4 Å². The summed E-state index contributed by atoms with van der Waals surface area (Å²) in [5, 5.41) is 3.46. The summed E-state index contributed by atoms with van der Waals surface area (Å²) in [4.78, 5) is 45.3. The van der Waals surface area contributed by atoms with Gasteiger partial charge in [-0.25, -0.2) is 23.7 Å². The molecule has 0 unspecified atom stereocenters. The second-order valence-electron chi connectivity index (χ2n) is 6.24. The predicted molar refractivity (Wildman–Crippen MR) is 113 cm³/mol. The molecule has 4 amide bonds. The van der Waals surface area contributed by atoms with Gasteiger partial charge in [0.15, 0.2) is 5.50 Å². The number of carbonyl (C=O) groups is 3. The van der Waals surface area contributed by atoms with Crippen molar-refractivity contribution in [1.29, 1.82) is 0 Å². The summed E-state index contributed by atoms with van der Waals surface area (Å²) >= 11 is 10.1. The third-order valence-corrected chi connectivity index (χ3v) is 5.01. The van der Waals surface area contributed by atoms with E-state index in [1.165, 1.54) is 20.2 Å². The first-order chi connectivity index (χ1) is 14.1. The van der Waals surface area contributed by atoms with Crippen LogP contribution in [0, 0.1) is 5.82 Å². The monoisotopic (exact) mass is 458 g/mol. The van der Waals surface area contributed by atoms with Crippen LogP contribution in [0.5, 0.6) is 0 Å². The number of imide groups is 1. The molecule has 2 rings (SSSR count). The van der Waals surface area contributed by atoms with Crippen LogP contribution >= 0.6 is 24.2 Å². The molecule has 0 aliphatic carbocycles. The summed E-state index contributed by atoms with van der Waals surface area (Å²) in [6, 6.07) is 0.174. The highest BCUT2D eigenvalue weighted by molar-refractivity contribution is 7.80. The van der Waals surface area contributed by atoms with Gasteiger partial charge < -0.3 is 9.57 Å². The minimum absolute atomic E-state index is 0.187. The first-order valence-corrected chi connectivity index (χ1v) is 9.43. The van der Waals surface area contributed by atoms with E-state index < -0.39 is 35.0 Å². The van der Waals surface area contributed by atoms with Crippen molar-refractivity contribution < 1.29 is 28.3 Å². The van der Waals surface area contributed by atoms with Gasteiger partial charge in [-0.15, -0.1) is 12.6 Å². The quantitative estimate of drug-likeness (QED) is 0.169. The molecule has 12 heteroatoms. The number of nitrogens with zero attached hydrogens (tertiary/aromatic N) is 4. The van der Waals surface area contributed by atoms with E-state index in [0.29, 0.717) is 10.6 Å². The van der Waals surface area contributed by atoms with Gasteiger partial charge in [-0.2, -0.15) is 0 Å². The number of amides is 4. The molecule has 1 aromatic rings. The number of benzene rings is 1. The average molecular weight is 459 g/mol. The summed E-state index contributed by atoms with van der Waals surface area (Å²) in [5.74, 6) is -1.86. The maximum atomic E-state index is 14.6. The Bertz CT molecular complexity index is 891. The molecule has 30 heavy (non-hydrogen) atoms. The highest BCUT2D eigenvalue weighted by Crippen LogP contribution is 2.31. The SMILES string of the molecule is C=CCON=C(C)COC(=O)c1cc(N2C(=O)N(C)C(S)N(C)C2=O)c(F)cc1Cl. The number of hydrogen-bond donors (Lipinski definition) is 1. The summed E-state index contributed by atoms with van der Waals surface area (Å²) < 4.78 is 19.7. The standard InChI is InChI=1S/C18H20ClFN4O5S/c1-5-6-29-21-10(2)9-28-15(25)11-7-14(13(20)8-12(11)19)24-16(26)22(3)18(30)23(4)17(24)27/h5,7-8,18,30H,1,6,9H2,2-4H3. The zero-order chi connectivity index (χ0) is 22.6. The average Bonchev–Trinajstić information content (AvgIpc) is 2.70. The second kappa shape index (κ2) is 9.81. The number of urea groups is 2. The number of rotatable bonds is 7. The molecule has 0 N–H and O–H groups in total. The van der Waals surface area contributed by atoms with Crippen LogP contribution in [0.3, 0.4) is 0 Å². The molecular formula is C18H20ClFN4O5S. The normalized spacial score (nSPS) is 15.5. The number of halogens is 2. The van der Waals surface area contributed by atoms with Crippen molar-refractivity contribution in [2.75, 3.05) is 32.2 Å². The lowest BCUT2D eigenvalue weighted by atomic mass is 10.1. The van der Waals surface area contributed by atoms with E-state index in [4.69, 9.17) is 21.2 Å². The van der Waals surface area contributed by atoms with Crippen molar-refractivity contribution in [1.82, 2.24) is 9.80 Å². The van der Waals surface area contributed by atoms with Gasteiger partial charge in [0.1, 0.15) is 19.0 Å². The zero-order valence-electron chi connectivity index (χ0n) is 16.5. The Kier molecular flexibility index (Phi) is 7.68. The molecule has 0 aromatic heterocycles. The smallest absolute Gasteiger partial charge is 0.340 e. The number of carbonyl (C=O) groups excluding carboxylic acids is 3. The van der Waals surface area contributed by atoms with Gasteiger partial charge in [0.2, 0.25) is 0 Å². The first kappa shape index (κ1) is 23.5. The maximum absolute atomic E-state index is 14.6. The Labute approximate surface area is 183 Å². The Hall–Kier alpha value is -2.79. The van der Waals surface area contributed by atoms with Crippen LogP contribution < -0.4 is 4.90 Å². The first-order valence-electron chi connectivity index (χ1n) is 8.54. The lowest BCUT2D eigenvalue weighted by Gasteiger charge is -2.41. The van der Waals surface area contributed by atoms with Crippen LogP contribution in [-0.2, 0) is 9.57 Å². The summed E-state index contributed by atoms with van der Waals surface area (Å²) in [6.07, 6.45) is 1.50. The number of thiol groups is 1. The van der Waals surface area contributed by atoms with Crippen LogP contribution in [-0.4, -0.2) is 66.3 Å². The molecule has 0 spiro atoms. The van der Waals surface area contributed by atoms with Gasteiger partial charge in [0.25, 0.3) is 0 Å². The Morgan fingerprint density at radius 3 is 2.50 bits per heavy atom. The highest BCUT2D eigenvalue weighted by Gasteiger charge is 2.41. The molecule has 0 saturated carbocycles. The molecule has 0 bridgehead atoms. The lowest BCUT2D eigenvalue weighted by Crippen LogP contribution is -2.62. The molecule has 1 aliphatic rings. The van der Waals surface area contributed by atoms with Crippen molar-refractivity contribution in [2.24, 2.45) is 5.16 Å². The fourth-order valence-corrected chi connectivity index (χ4v) is 2.83. The summed E-state index contributed by atoms with van der Waals surface area (Å²) in [7, 11) is 2.80. The molecule has 1 heterocycles. The molecule has 1 aliphatic heterocycles. The zero-order valence-corrected chi connectivity index (χ0v) is 18.1. The molecule has 9 nitrogen and oxygen atoms in total. The molecule has 1 saturated heterocycles. The molecule has 0 radical (unpaired) electrons. The summed E-state index contributed by atoms with van der Waals surface area (Å²) in [6.45, 7) is 5.01. The van der Waals surface area contributed by atoms with Gasteiger partial charge in [-0.05, 0) is 19.1 Å². The van der Waals surface area contributed by atoms with E-state index in [1.807, 2.05) is 0 Å². The van der Waals surface area contributed by atoms with Gasteiger partial charge >= 0.3 is 18.0 Å². The van der Waals surface area contributed by atoms with E-state index in [9.17, 15) is 18.8 Å². The van der Waals surface area contributed by atoms with Crippen molar-refractivity contribution in [2.45, 2.75) is 12.4 Å². The molecule has 1 aromatic carbocycles. The molecule has 162 valence electrons. The van der Waals surface area contributed by atoms with Crippen LogP contribution in [0.4, 0.5) is 19.7 Å². The lowest BCUT2D eigenvalue weighted by molar-refractivity contribution is 0.0558. The number of anilines is 1. The van der Waals surface area contributed by atoms with Crippen molar-refractivity contribution in [3.63, 3.8) is 0 Å². The minimum Gasteiger partial charge on any atom is -0.456 e. The van der Waals surface area contributed by atoms with Crippen molar-refractivity contribution in [3.8, 4) is 0 Å². The maximum Gasteiger partial charge on any atom is 0.340 e. The van der Waals surface area contributed by atoms with Gasteiger partial charge in [0, 0.05) is 14.1 Å². The number of oxime groups is 1. The molecule has 0 atom stereocenters.